The molecule has 0 bridgehead atoms. The minimum Gasteiger partial charge on any atom is -0.491 e. The molecule has 10 heteroatoms. The van der Waals surface area contributed by atoms with Crippen LogP contribution in [-0.2, 0) is 29.1 Å². The van der Waals surface area contributed by atoms with Crippen LogP contribution < -0.4 is 10.1 Å². The summed E-state index contributed by atoms with van der Waals surface area (Å²) in [6.45, 7) is 14.6. The van der Waals surface area contributed by atoms with Crippen molar-refractivity contribution >= 4 is 30.9 Å². The molecule has 0 fully saturated rings. The van der Waals surface area contributed by atoms with E-state index in [0.29, 0.717) is 50.1 Å². The topological polar surface area (TPSA) is 98.6 Å². The van der Waals surface area contributed by atoms with Gasteiger partial charge in [-0.15, -0.1) is 0 Å². The third-order valence-electron chi connectivity index (χ3n) is 8.72. The molecule has 0 spiro atoms. The Morgan fingerprint density at radius 1 is 1.02 bits per heavy atom. The van der Waals surface area contributed by atoms with Crippen LogP contribution in [0.5, 0.6) is 5.75 Å². The number of hydrogen-bond acceptors (Lipinski definition) is 6. The van der Waals surface area contributed by atoms with Gasteiger partial charge in [-0.3, -0.25) is 9.59 Å². The first-order valence-corrected chi connectivity index (χ1v) is 20.2. The van der Waals surface area contributed by atoms with Crippen molar-refractivity contribution in [2.75, 3.05) is 32.8 Å². The van der Waals surface area contributed by atoms with Crippen molar-refractivity contribution in [3.05, 3.63) is 65.4 Å². The molecule has 9 nitrogen and oxygen atoms in total. The first-order chi connectivity index (χ1) is 22.1. The van der Waals surface area contributed by atoms with Crippen LogP contribution >= 0.6 is 0 Å². The number of carbonyl (C=O) groups is 2. The fourth-order valence-corrected chi connectivity index (χ4v) is 6.84. The van der Waals surface area contributed by atoms with Gasteiger partial charge in [0.25, 0.3) is 5.91 Å². The molecule has 4 heterocycles. The van der Waals surface area contributed by atoms with Crippen LogP contribution in [0.1, 0.15) is 41.8 Å². The number of rotatable bonds is 9. The first-order valence-electron chi connectivity index (χ1n) is 16.5. The summed E-state index contributed by atoms with van der Waals surface area (Å²) in [5.41, 5.74) is 7.55. The van der Waals surface area contributed by atoms with Gasteiger partial charge in [-0.1, -0.05) is 57.8 Å². The molecule has 2 aromatic carbocycles. The summed E-state index contributed by atoms with van der Waals surface area (Å²) in [6.07, 6.45) is 4.21. The highest BCUT2D eigenvalue weighted by molar-refractivity contribution is 6.76. The summed E-state index contributed by atoms with van der Waals surface area (Å²) in [5, 5.41) is 8.77. The zero-order chi connectivity index (χ0) is 32.4. The van der Waals surface area contributed by atoms with Crippen LogP contribution in [0.4, 0.5) is 0 Å². The van der Waals surface area contributed by atoms with Gasteiger partial charge < -0.3 is 19.7 Å². The number of hydrogen-bond donors (Lipinski definition) is 1. The van der Waals surface area contributed by atoms with Crippen molar-refractivity contribution in [3.63, 3.8) is 0 Å². The fraction of sp³-hybridized carbons (Fsp3) is 0.444. The molecule has 6 rings (SSSR count). The fourth-order valence-electron chi connectivity index (χ4n) is 6.08. The predicted octanol–water partition coefficient (Wildman–Crippen LogP) is 6.17. The Morgan fingerprint density at radius 3 is 2.59 bits per heavy atom. The van der Waals surface area contributed by atoms with E-state index in [4.69, 9.17) is 19.6 Å². The summed E-state index contributed by atoms with van der Waals surface area (Å²) in [4.78, 5) is 32.3. The Bertz CT molecular complexity index is 1760. The van der Waals surface area contributed by atoms with E-state index in [1.807, 2.05) is 27.9 Å². The van der Waals surface area contributed by atoms with Gasteiger partial charge in [0.2, 0.25) is 5.91 Å². The highest BCUT2D eigenvalue weighted by Gasteiger charge is 2.22. The number of pyridine rings is 1. The second-order valence-electron chi connectivity index (χ2n) is 14.1. The SMILES string of the molecule is CC(C)CC(=O)N1CCc2ccc(-c3cnc4c(c3)c(-c3ccc5c(c3)OCCNC5=O)nn4COCC[Si](C)(C)C)cc2CC1. The molecule has 4 aromatic rings. The quantitative estimate of drug-likeness (QED) is 0.174. The van der Waals surface area contributed by atoms with Crippen LogP contribution in [0.3, 0.4) is 0 Å². The third kappa shape index (κ3) is 7.18. The van der Waals surface area contributed by atoms with Crippen LogP contribution in [0.25, 0.3) is 33.4 Å². The molecule has 2 aromatic heterocycles. The number of amides is 2. The molecular weight excluding hydrogens is 595 g/mol. The zero-order valence-electron chi connectivity index (χ0n) is 27.7. The number of benzene rings is 2. The van der Waals surface area contributed by atoms with Gasteiger partial charge in [0.1, 0.15) is 24.8 Å². The Labute approximate surface area is 272 Å². The molecule has 0 unspecified atom stereocenters. The summed E-state index contributed by atoms with van der Waals surface area (Å²) in [7, 11) is -1.23. The zero-order valence-corrected chi connectivity index (χ0v) is 28.7. The number of ether oxygens (including phenoxy) is 2. The summed E-state index contributed by atoms with van der Waals surface area (Å²) < 4.78 is 13.9. The molecule has 0 atom stereocenters. The summed E-state index contributed by atoms with van der Waals surface area (Å²) in [6, 6.07) is 15.5. The van der Waals surface area contributed by atoms with Gasteiger partial charge in [0.15, 0.2) is 5.65 Å². The van der Waals surface area contributed by atoms with Gasteiger partial charge in [0, 0.05) is 56.9 Å². The van der Waals surface area contributed by atoms with E-state index in [9.17, 15) is 9.59 Å². The van der Waals surface area contributed by atoms with Gasteiger partial charge >= 0.3 is 0 Å². The van der Waals surface area contributed by atoms with Crippen LogP contribution in [0, 0.1) is 5.92 Å². The molecule has 0 radical (unpaired) electrons. The Kier molecular flexibility index (Phi) is 9.29. The lowest BCUT2D eigenvalue weighted by Crippen LogP contribution is -2.33. The van der Waals surface area contributed by atoms with Crippen LogP contribution in [-0.4, -0.2) is 72.4 Å². The van der Waals surface area contributed by atoms with Crippen molar-refractivity contribution in [1.82, 2.24) is 25.0 Å². The largest absolute Gasteiger partial charge is 0.491 e. The van der Waals surface area contributed by atoms with E-state index in [0.717, 1.165) is 65.4 Å². The maximum absolute atomic E-state index is 12.8. The lowest BCUT2D eigenvalue weighted by molar-refractivity contribution is -0.131. The molecule has 242 valence electrons. The van der Waals surface area contributed by atoms with Gasteiger partial charge in [-0.2, -0.15) is 5.10 Å². The van der Waals surface area contributed by atoms with Crippen molar-refractivity contribution in [1.29, 1.82) is 0 Å². The second kappa shape index (κ2) is 13.4. The van der Waals surface area contributed by atoms with Crippen molar-refractivity contribution in [2.24, 2.45) is 5.92 Å². The monoisotopic (exact) mass is 639 g/mol. The van der Waals surface area contributed by atoms with Crippen molar-refractivity contribution in [3.8, 4) is 28.1 Å². The molecule has 0 saturated carbocycles. The van der Waals surface area contributed by atoms with Crippen LogP contribution in [0.15, 0.2) is 48.7 Å². The lowest BCUT2D eigenvalue weighted by Gasteiger charge is -2.21. The van der Waals surface area contributed by atoms with Crippen molar-refractivity contribution < 1.29 is 19.1 Å². The number of fused-ring (bicyclic) bond motifs is 3. The summed E-state index contributed by atoms with van der Waals surface area (Å²) >= 11 is 0. The molecule has 0 saturated heterocycles. The maximum atomic E-state index is 12.8. The molecule has 2 aliphatic rings. The summed E-state index contributed by atoms with van der Waals surface area (Å²) in [5.74, 6) is 1.02. The smallest absolute Gasteiger partial charge is 0.255 e. The van der Waals surface area contributed by atoms with E-state index in [-0.39, 0.29) is 11.8 Å². The minimum atomic E-state index is -1.23. The molecular formula is C36H45N5O4Si. The van der Waals surface area contributed by atoms with E-state index in [1.165, 1.54) is 11.1 Å². The van der Waals surface area contributed by atoms with Gasteiger partial charge in [0.05, 0.1) is 12.1 Å². The van der Waals surface area contributed by atoms with Gasteiger partial charge in [-0.25, -0.2) is 9.67 Å². The first kappa shape index (κ1) is 31.9. The van der Waals surface area contributed by atoms with Crippen molar-refractivity contribution in [2.45, 2.75) is 65.5 Å². The molecule has 46 heavy (non-hydrogen) atoms. The number of carbonyl (C=O) groups excluding carboxylic acids is 2. The van der Waals surface area contributed by atoms with E-state index >= 15 is 0 Å². The Morgan fingerprint density at radius 2 is 1.80 bits per heavy atom. The average Bonchev–Trinajstić information content (AvgIpc) is 3.12. The normalized spacial score (nSPS) is 15.2. The molecule has 2 amide bonds. The van der Waals surface area contributed by atoms with E-state index in [1.54, 1.807) is 6.07 Å². The number of aromatic nitrogens is 3. The van der Waals surface area contributed by atoms with Crippen LogP contribution in [0.2, 0.25) is 25.7 Å². The standard InChI is InChI=1S/C36H45N5O4Si/c1-24(2)18-33(42)40-13-10-25-6-7-26(19-27(25)11-14-40)29-20-31-34(28-8-9-30-32(21-28)45-15-12-37-36(30)43)39-41(35(31)38-22-29)23-44-16-17-46(3,4)5/h6-9,19-22,24H,10-18,23H2,1-5H3,(H,37,43). The van der Waals surface area contributed by atoms with Gasteiger partial charge in [-0.05, 0) is 59.7 Å². The highest BCUT2D eigenvalue weighted by Crippen LogP contribution is 2.35. The molecule has 1 N–H and O–H groups in total. The predicted molar refractivity (Wildman–Crippen MR) is 184 cm³/mol. The number of nitrogens with zero attached hydrogens (tertiary/aromatic N) is 4. The third-order valence-corrected chi connectivity index (χ3v) is 10.4. The highest BCUT2D eigenvalue weighted by atomic mass is 28.3. The van der Waals surface area contributed by atoms with E-state index < -0.39 is 8.07 Å². The lowest BCUT2D eigenvalue weighted by atomic mass is 9.96. The number of nitrogens with one attached hydrogen (secondary N) is 1. The Balaban J connectivity index is 1.34. The average molecular weight is 640 g/mol. The molecule has 0 aliphatic carbocycles. The molecule has 2 aliphatic heterocycles. The second-order valence-corrected chi connectivity index (χ2v) is 19.7. The maximum Gasteiger partial charge on any atom is 0.255 e. The Hall–Kier alpha value is -4.02. The minimum absolute atomic E-state index is 0.134. The van der Waals surface area contributed by atoms with E-state index in [2.05, 4.69) is 63.1 Å².